The minimum absolute atomic E-state index is 0.0855. The van der Waals surface area contributed by atoms with Crippen molar-refractivity contribution in [2.24, 2.45) is 4.99 Å². The molecule has 1 aliphatic rings. The first-order valence-corrected chi connectivity index (χ1v) is 13.9. The number of amides is 1. The molecule has 0 radical (unpaired) electrons. The Kier molecular flexibility index (Phi) is 8.09. The maximum Gasteiger partial charge on any atom is 0.279 e. The zero-order valence-corrected chi connectivity index (χ0v) is 22.3. The molecule has 2 aromatic carbocycles. The summed E-state index contributed by atoms with van der Waals surface area (Å²) in [6.45, 7) is 3.90. The summed E-state index contributed by atoms with van der Waals surface area (Å²) >= 11 is 7.75. The van der Waals surface area contributed by atoms with Gasteiger partial charge in [-0.15, -0.1) is 0 Å². The van der Waals surface area contributed by atoms with Crippen LogP contribution in [-0.4, -0.2) is 63.2 Å². The normalized spacial score (nSPS) is 17.1. The molecule has 35 heavy (non-hydrogen) atoms. The molecule has 1 aromatic heterocycles. The summed E-state index contributed by atoms with van der Waals surface area (Å²) in [5, 5.41) is 0.595. The molecule has 11 heteroatoms. The number of hydrogen-bond acceptors (Lipinski definition) is 6. The lowest BCUT2D eigenvalue weighted by Crippen LogP contribution is -2.34. The van der Waals surface area contributed by atoms with Crippen LogP contribution in [0.2, 0.25) is 5.02 Å². The molecule has 4 rings (SSSR count). The van der Waals surface area contributed by atoms with E-state index in [1.807, 2.05) is 23.6 Å². The molecule has 1 fully saturated rings. The Bertz CT molecular complexity index is 1390. The van der Waals surface area contributed by atoms with Crippen molar-refractivity contribution in [1.29, 1.82) is 0 Å². The van der Waals surface area contributed by atoms with Gasteiger partial charge >= 0.3 is 0 Å². The lowest BCUT2D eigenvalue weighted by Gasteiger charge is -2.20. The van der Waals surface area contributed by atoms with Crippen molar-refractivity contribution in [3.63, 3.8) is 0 Å². The molecule has 188 valence electrons. The van der Waals surface area contributed by atoms with E-state index in [2.05, 4.69) is 4.99 Å². The quantitative estimate of drug-likeness (QED) is 0.435. The van der Waals surface area contributed by atoms with Gasteiger partial charge in [-0.2, -0.15) is 9.30 Å². The van der Waals surface area contributed by atoms with Gasteiger partial charge < -0.3 is 14.0 Å². The lowest BCUT2D eigenvalue weighted by molar-refractivity contribution is 0.0979. The number of halogens is 1. The third kappa shape index (κ3) is 5.52. The molecule has 0 N–H and O–H groups in total. The number of thiazole rings is 1. The Labute approximate surface area is 213 Å². The number of carbonyl (C=O) groups excluding carboxylic acids is 1. The van der Waals surface area contributed by atoms with Crippen molar-refractivity contribution < 1.29 is 22.7 Å². The summed E-state index contributed by atoms with van der Waals surface area (Å²) in [4.78, 5) is 18.0. The topological polar surface area (TPSA) is 90.2 Å². The van der Waals surface area contributed by atoms with Crippen LogP contribution < -0.4 is 4.80 Å². The molecule has 2 heterocycles. The maximum atomic E-state index is 13.0. The van der Waals surface area contributed by atoms with Crippen LogP contribution in [0.3, 0.4) is 0 Å². The number of aryl methyl sites for hydroxylation is 1. The number of likely N-dealkylation sites (N-methyl/N-ethyl adjacent to an activating group) is 1. The summed E-state index contributed by atoms with van der Waals surface area (Å²) in [5.41, 5.74) is 2.23. The van der Waals surface area contributed by atoms with E-state index in [-0.39, 0.29) is 11.0 Å². The first-order chi connectivity index (χ1) is 16.7. The minimum Gasteiger partial charge on any atom is -0.383 e. The summed E-state index contributed by atoms with van der Waals surface area (Å²) in [6.07, 6.45) is 1.70. The predicted octanol–water partition coefficient (Wildman–Crippen LogP) is 3.85. The van der Waals surface area contributed by atoms with Gasteiger partial charge in [-0.3, -0.25) is 4.79 Å². The van der Waals surface area contributed by atoms with Crippen LogP contribution >= 0.6 is 22.9 Å². The predicted molar refractivity (Wildman–Crippen MR) is 137 cm³/mol. The molecule has 0 aliphatic carbocycles. The van der Waals surface area contributed by atoms with Crippen molar-refractivity contribution >= 4 is 49.1 Å². The van der Waals surface area contributed by atoms with E-state index in [1.165, 1.54) is 39.9 Å². The number of nitrogens with zero attached hydrogens (tertiary/aromatic N) is 3. The van der Waals surface area contributed by atoms with E-state index in [1.54, 1.807) is 14.2 Å². The Balaban J connectivity index is 1.62. The number of ether oxygens (including phenoxy) is 2. The molecule has 1 atom stereocenters. The fourth-order valence-electron chi connectivity index (χ4n) is 4.07. The summed E-state index contributed by atoms with van der Waals surface area (Å²) in [5.74, 6) is -0.465. The van der Waals surface area contributed by atoms with E-state index in [0.717, 1.165) is 28.6 Å². The second-order valence-corrected chi connectivity index (χ2v) is 11.9. The summed E-state index contributed by atoms with van der Waals surface area (Å²) in [7, 11) is -0.535. The molecule has 1 unspecified atom stereocenters. The van der Waals surface area contributed by atoms with E-state index < -0.39 is 15.9 Å². The molecular formula is C24H28ClN3O5S2. The zero-order valence-electron chi connectivity index (χ0n) is 19.9. The fraction of sp³-hybridized carbons (Fsp3) is 0.417. The molecule has 1 amide bonds. The number of hydrogen-bond donors (Lipinski definition) is 0. The Morgan fingerprint density at radius 1 is 1.29 bits per heavy atom. The number of aromatic nitrogens is 1. The van der Waals surface area contributed by atoms with E-state index >= 15 is 0 Å². The maximum absolute atomic E-state index is 13.0. The minimum atomic E-state index is -3.69. The molecule has 0 saturated carbocycles. The van der Waals surface area contributed by atoms with Crippen molar-refractivity contribution in [3.05, 3.63) is 57.3 Å². The van der Waals surface area contributed by atoms with E-state index in [0.29, 0.717) is 41.7 Å². The summed E-state index contributed by atoms with van der Waals surface area (Å²) in [6, 6.07) is 9.62. The van der Waals surface area contributed by atoms with Gasteiger partial charge in [-0.25, -0.2) is 8.42 Å². The standard InChI is InChI=1S/C24H28ClN3O5S2/c1-16-6-11-20(25)22-21(16)28(12-14-32-3)24(34-22)26-23(29)17-7-9-19(10-8-17)35(30,31)27(2)15-18-5-4-13-33-18/h6-11,18H,4-5,12-15H2,1-3H3. The molecular weight excluding hydrogens is 510 g/mol. The summed E-state index contributed by atoms with van der Waals surface area (Å²) < 4.78 is 40.7. The van der Waals surface area contributed by atoms with Crippen molar-refractivity contribution in [2.75, 3.05) is 33.9 Å². The van der Waals surface area contributed by atoms with Crippen molar-refractivity contribution in [2.45, 2.75) is 37.3 Å². The lowest BCUT2D eigenvalue weighted by atomic mass is 10.2. The number of methoxy groups -OCH3 is 1. The van der Waals surface area contributed by atoms with Gasteiger partial charge in [0, 0.05) is 39.4 Å². The van der Waals surface area contributed by atoms with E-state index in [9.17, 15) is 13.2 Å². The third-order valence-corrected chi connectivity index (χ3v) is 9.37. The SMILES string of the molecule is COCCn1c(=NC(=O)c2ccc(S(=O)(=O)N(C)CC3CCCO3)cc2)sc2c(Cl)ccc(C)c21. The second kappa shape index (κ2) is 10.9. The largest absolute Gasteiger partial charge is 0.383 e. The van der Waals surface area contributed by atoms with Crippen LogP contribution in [0, 0.1) is 6.92 Å². The smallest absolute Gasteiger partial charge is 0.279 e. The van der Waals surface area contributed by atoms with Crippen LogP contribution in [0.1, 0.15) is 28.8 Å². The fourth-order valence-corrected chi connectivity index (χ4v) is 6.67. The highest BCUT2D eigenvalue weighted by atomic mass is 35.5. The number of benzene rings is 2. The molecule has 1 saturated heterocycles. The Hall–Kier alpha value is -2.08. The average Bonchev–Trinajstić information content (AvgIpc) is 3.48. The molecule has 3 aromatic rings. The highest BCUT2D eigenvalue weighted by molar-refractivity contribution is 7.89. The van der Waals surface area contributed by atoms with Crippen LogP contribution in [0.25, 0.3) is 10.2 Å². The molecule has 1 aliphatic heterocycles. The molecule has 0 bridgehead atoms. The van der Waals surface area contributed by atoms with Gasteiger partial charge in [0.05, 0.1) is 32.8 Å². The number of carbonyl (C=O) groups is 1. The molecule has 8 nitrogen and oxygen atoms in total. The zero-order chi connectivity index (χ0) is 25.2. The highest BCUT2D eigenvalue weighted by Crippen LogP contribution is 2.29. The van der Waals surface area contributed by atoms with Gasteiger partial charge in [0.25, 0.3) is 5.91 Å². The Morgan fingerprint density at radius 3 is 2.69 bits per heavy atom. The van der Waals surface area contributed by atoms with Crippen LogP contribution in [0.4, 0.5) is 0 Å². The van der Waals surface area contributed by atoms with E-state index in [4.69, 9.17) is 21.1 Å². The number of rotatable bonds is 8. The van der Waals surface area contributed by atoms with Gasteiger partial charge in [-0.05, 0) is 55.7 Å². The van der Waals surface area contributed by atoms with Gasteiger partial charge in [0.2, 0.25) is 10.0 Å². The average molecular weight is 538 g/mol. The van der Waals surface area contributed by atoms with Crippen LogP contribution in [-0.2, 0) is 26.0 Å². The van der Waals surface area contributed by atoms with Crippen LogP contribution in [0.5, 0.6) is 0 Å². The monoisotopic (exact) mass is 537 g/mol. The first-order valence-electron chi connectivity index (χ1n) is 11.3. The third-order valence-electron chi connectivity index (χ3n) is 5.99. The van der Waals surface area contributed by atoms with Gasteiger partial charge in [-0.1, -0.05) is 29.0 Å². The van der Waals surface area contributed by atoms with Gasteiger partial charge in [0.15, 0.2) is 4.80 Å². The Morgan fingerprint density at radius 2 is 2.03 bits per heavy atom. The second-order valence-electron chi connectivity index (χ2n) is 8.43. The van der Waals surface area contributed by atoms with Crippen molar-refractivity contribution in [3.8, 4) is 0 Å². The first kappa shape index (κ1) is 26.0. The van der Waals surface area contributed by atoms with Crippen molar-refractivity contribution in [1.82, 2.24) is 8.87 Å². The molecule has 0 spiro atoms. The number of sulfonamides is 1. The number of fused-ring (bicyclic) bond motifs is 1. The van der Waals surface area contributed by atoms with Crippen LogP contribution in [0.15, 0.2) is 46.3 Å². The van der Waals surface area contributed by atoms with Gasteiger partial charge in [0.1, 0.15) is 0 Å². The highest BCUT2D eigenvalue weighted by Gasteiger charge is 2.26.